The zero-order valence-electron chi connectivity index (χ0n) is 13.8. The molecule has 0 spiro atoms. The van der Waals surface area contributed by atoms with Crippen LogP contribution in [0.2, 0.25) is 0 Å². The minimum atomic E-state index is 0.166. The lowest BCUT2D eigenvalue weighted by Gasteiger charge is -2.30. The third-order valence-electron chi connectivity index (χ3n) is 4.47. The van der Waals surface area contributed by atoms with Crippen molar-refractivity contribution >= 4 is 11.3 Å². The number of rotatable bonds is 3. The maximum atomic E-state index is 5.59. The minimum Gasteiger partial charge on any atom is -0.333 e. The molecule has 24 heavy (non-hydrogen) atoms. The minimum absolute atomic E-state index is 0.166. The highest BCUT2D eigenvalue weighted by molar-refractivity contribution is 7.14. The van der Waals surface area contributed by atoms with Gasteiger partial charge < -0.3 is 9.84 Å². The van der Waals surface area contributed by atoms with Crippen molar-refractivity contribution in [2.75, 3.05) is 26.7 Å². The van der Waals surface area contributed by atoms with Crippen molar-refractivity contribution < 1.29 is 4.52 Å². The number of aromatic nitrogens is 2. The van der Waals surface area contributed by atoms with Gasteiger partial charge in [-0.1, -0.05) is 35.0 Å². The molecule has 3 aromatic rings. The number of hydrogen-bond acceptors (Lipinski definition) is 6. The van der Waals surface area contributed by atoms with E-state index in [-0.39, 0.29) is 6.04 Å². The quantitative estimate of drug-likeness (QED) is 0.792. The molecule has 1 unspecified atom stereocenters. The number of nitrogens with one attached hydrogen (secondary N) is 1. The molecule has 0 bridgehead atoms. The average molecular weight is 340 g/mol. The summed E-state index contributed by atoms with van der Waals surface area (Å²) in [6.45, 7) is 4.93. The van der Waals surface area contributed by atoms with Crippen molar-refractivity contribution in [3.05, 3.63) is 47.1 Å². The molecule has 3 heterocycles. The van der Waals surface area contributed by atoms with Crippen molar-refractivity contribution in [2.24, 2.45) is 0 Å². The van der Waals surface area contributed by atoms with Gasteiger partial charge in [-0.25, -0.2) is 0 Å². The normalized spacial score (nSPS) is 18.8. The van der Waals surface area contributed by atoms with Crippen molar-refractivity contribution in [2.45, 2.75) is 13.0 Å². The van der Waals surface area contributed by atoms with Crippen LogP contribution in [0, 0.1) is 6.92 Å². The first-order valence-electron chi connectivity index (χ1n) is 8.12. The van der Waals surface area contributed by atoms with Crippen molar-refractivity contribution in [3.8, 4) is 21.9 Å². The summed E-state index contributed by atoms with van der Waals surface area (Å²) in [6, 6.07) is 10.8. The number of thiophene rings is 1. The third-order valence-corrected chi connectivity index (χ3v) is 5.38. The SMILES string of the molecule is Cc1ccc(-c2ccsc2-c2nc(C3CNCCN3C)no2)cc1. The Morgan fingerprint density at radius 2 is 2.08 bits per heavy atom. The van der Waals surface area contributed by atoms with Crippen LogP contribution < -0.4 is 5.32 Å². The second-order valence-corrected chi connectivity index (χ2v) is 7.10. The molecule has 0 aliphatic carbocycles. The predicted molar refractivity (Wildman–Crippen MR) is 96.0 cm³/mol. The lowest BCUT2D eigenvalue weighted by molar-refractivity contribution is 0.190. The highest BCUT2D eigenvalue weighted by atomic mass is 32.1. The first-order chi connectivity index (χ1) is 11.7. The monoisotopic (exact) mass is 340 g/mol. The van der Waals surface area contributed by atoms with Crippen LogP contribution in [0.4, 0.5) is 0 Å². The maximum Gasteiger partial charge on any atom is 0.268 e. The molecule has 5 nitrogen and oxygen atoms in total. The zero-order valence-corrected chi connectivity index (χ0v) is 14.6. The Morgan fingerprint density at radius 1 is 1.25 bits per heavy atom. The van der Waals surface area contributed by atoms with Gasteiger partial charge >= 0.3 is 0 Å². The van der Waals surface area contributed by atoms with Crippen LogP contribution >= 0.6 is 11.3 Å². The van der Waals surface area contributed by atoms with E-state index in [1.165, 1.54) is 11.1 Å². The molecule has 1 aromatic carbocycles. The molecule has 1 fully saturated rings. The Labute approximate surface area is 145 Å². The van der Waals surface area contributed by atoms with Crippen molar-refractivity contribution in [3.63, 3.8) is 0 Å². The van der Waals surface area contributed by atoms with Crippen LogP contribution in [0.1, 0.15) is 17.4 Å². The fourth-order valence-electron chi connectivity index (χ4n) is 2.99. The molecule has 124 valence electrons. The van der Waals surface area contributed by atoms with Gasteiger partial charge in [0.1, 0.15) is 4.88 Å². The van der Waals surface area contributed by atoms with E-state index in [1.807, 2.05) is 0 Å². The van der Waals surface area contributed by atoms with E-state index in [2.05, 4.69) is 70.0 Å². The van der Waals surface area contributed by atoms with E-state index in [4.69, 9.17) is 4.52 Å². The van der Waals surface area contributed by atoms with Crippen LogP contribution in [0.15, 0.2) is 40.2 Å². The van der Waals surface area contributed by atoms with Gasteiger partial charge in [-0.15, -0.1) is 11.3 Å². The second kappa shape index (κ2) is 6.47. The van der Waals surface area contributed by atoms with E-state index in [0.717, 1.165) is 35.9 Å². The summed E-state index contributed by atoms with van der Waals surface area (Å²) < 4.78 is 5.59. The molecule has 2 aromatic heterocycles. The lowest BCUT2D eigenvalue weighted by Crippen LogP contribution is -2.44. The predicted octanol–water partition coefficient (Wildman–Crippen LogP) is 3.35. The average Bonchev–Trinajstić information content (AvgIpc) is 3.25. The molecule has 1 atom stereocenters. The molecule has 6 heteroatoms. The highest BCUT2D eigenvalue weighted by Crippen LogP contribution is 2.36. The van der Waals surface area contributed by atoms with E-state index < -0.39 is 0 Å². The smallest absolute Gasteiger partial charge is 0.268 e. The van der Waals surface area contributed by atoms with Crippen molar-refractivity contribution in [1.82, 2.24) is 20.4 Å². The Kier molecular flexibility index (Phi) is 4.18. The van der Waals surface area contributed by atoms with E-state index >= 15 is 0 Å². The highest BCUT2D eigenvalue weighted by Gasteiger charge is 2.26. The van der Waals surface area contributed by atoms with Gasteiger partial charge in [-0.05, 0) is 31.0 Å². The second-order valence-electron chi connectivity index (χ2n) is 6.19. The van der Waals surface area contributed by atoms with Gasteiger partial charge in [-0.3, -0.25) is 4.90 Å². The van der Waals surface area contributed by atoms with Gasteiger partial charge in [0.2, 0.25) is 0 Å². The summed E-state index contributed by atoms with van der Waals surface area (Å²) in [7, 11) is 2.10. The number of piperazine rings is 1. The fraction of sp³-hybridized carbons (Fsp3) is 0.333. The van der Waals surface area contributed by atoms with E-state index in [1.54, 1.807) is 11.3 Å². The van der Waals surface area contributed by atoms with Gasteiger partial charge in [0.05, 0.1) is 6.04 Å². The van der Waals surface area contributed by atoms with E-state index in [9.17, 15) is 0 Å². The topological polar surface area (TPSA) is 54.2 Å². The van der Waals surface area contributed by atoms with Crippen molar-refractivity contribution in [1.29, 1.82) is 0 Å². The Balaban J connectivity index is 1.66. The molecule has 1 aliphatic rings. The summed E-state index contributed by atoms with van der Waals surface area (Å²) in [6.07, 6.45) is 0. The third kappa shape index (κ3) is 2.88. The van der Waals surface area contributed by atoms with Crippen LogP contribution in [-0.4, -0.2) is 41.7 Å². The number of likely N-dealkylation sites (N-methyl/N-ethyl adjacent to an activating group) is 1. The molecule has 1 saturated heterocycles. The number of hydrogen-bond donors (Lipinski definition) is 1. The Bertz CT molecular complexity index is 824. The number of aryl methyl sites for hydroxylation is 1. The number of nitrogens with zero attached hydrogens (tertiary/aromatic N) is 3. The molecule has 1 N–H and O–H groups in total. The Hall–Kier alpha value is -2.02. The van der Waals surface area contributed by atoms with Crippen LogP contribution in [0.25, 0.3) is 21.9 Å². The standard InChI is InChI=1S/C18H20N4OS/c1-12-3-5-13(6-4-12)14-7-10-24-16(14)18-20-17(21-23-18)15-11-19-8-9-22(15)2/h3-7,10,15,19H,8-9,11H2,1-2H3. The summed E-state index contributed by atoms with van der Waals surface area (Å²) >= 11 is 1.64. The summed E-state index contributed by atoms with van der Waals surface area (Å²) in [5.74, 6) is 1.36. The first-order valence-corrected chi connectivity index (χ1v) is 9.00. The molecule has 1 aliphatic heterocycles. The molecule has 0 amide bonds. The molecular formula is C18H20N4OS. The van der Waals surface area contributed by atoms with Gasteiger partial charge in [0.15, 0.2) is 5.82 Å². The first kappa shape index (κ1) is 15.5. The maximum absolute atomic E-state index is 5.59. The molecular weight excluding hydrogens is 320 g/mol. The fourth-order valence-corrected chi connectivity index (χ4v) is 3.83. The summed E-state index contributed by atoms with van der Waals surface area (Å²) in [5.41, 5.74) is 3.57. The van der Waals surface area contributed by atoms with Gasteiger partial charge in [-0.2, -0.15) is 4.98 Å². The molecule has 4 rings (SSSR count). The van der Waals surface area contributed by atoms with Gasteiger partial charge in [0.25, 0.3) is 5.89 Å². The Morgan fingerprint density at radius 3 is 2.88 bits per heavy atom. The molecule has 0 radical (unpaired) electrons. The number of benzene rings is 1. The summed E-state index contributed by atoms with van der Waals surface area (Å²) in [5, 5.41) is 9.70. The summed E-state index contributed by atoms with van der Waals surface area (Å²) in [4.78, 5) is 7.98. The van der Waals surface area contributed by atoms with Gasteiger partial charge in [0, 0.05) is 25.2 Å². The van der Waals surface area contributed by atoms with E-state index in [0.29, 0.717) is 5.89 Å². The van der Waals surface area contributed by atoms with Crippen LogP contribution in [0.5, 0.6) is 0 Å². The zero-order chi connectivity index (χ0) is 16.5. The lowest BCUT2D eigenvalue weighted by atomic mass is 10.1. The van der Waals surface area contributed by atoms with Crippen LogP contribution in [0.3, 0.4) is 0 Å². The molecule has 0 saturated carbocycles. The largest absolute Gasteiger partial charge is 0.333 e. The van der Waals surface area contributed by atoms with Crippen LogP contribution in [-0.2, 0) is 0 Å².